The molecule has 0 atom stereocenters. The molecule has 5 heteroatoms. The molecule has 0 spiro atoms. The first-order valence-corrected chi connectivity index (χ1v) is 6.60. The quantitative estimate of drug-likeness (QED) is 0.863. The third-order valence-electron chi connectivity index (χ3n) is 3.49. The topological polar surface area (TPSA) is 68.0 Å². The molecule has 1 aromatic rings. The molecular weight excluding hydrogens is 250 g/mol. The third kappa shape index (κ3) is 3.13. The van der Waals surface area contributed by atoms with Crippen molar-refractivity contribution in [3.8, 4) is 0 Å². The number of halogens is 1. The lowest BCUT2D eigenvalue weighted by molar-refractivity contribution is 0.0883. The maximum atomic E-state index is 12.2. The zero-order chi connectivity index (χ0) is 13.8. The van der Waals surface area contributed by atoms with Crippen molar-refractivity contribution in [1.82, 2.24) is 10.3 Å². The van der Waals surface area contributed by atoms with Crippen LogP contribution in [-0.2, 0) is 0 Å². The van der Waals surface area contributed by atoms with Crippen LogP contribution in [0, 0.1) is 0 Å². The molecule has 0 aliphatic carbocycles. The van der Waals surface area contributed by atoms with E-state index in [0.717, 1.165) is 19.3 Å². The summed E-state index contributed by atoms with van der Waals surface area (Å²) in [6.07, 6.45) is 2.60. The van der Waals surface area contributed by atoms with Gasteiger partial charge in [-0.25, -0.2) is 4.98 Å². The van der Waals surface area contributed by atoms with Gasteiger partial charge in [-0.1, -0.05) is 32.4 Å². The molecule has 0 saturated heterocycles. The Balaban J connectivity index is 2.97. The monoisotopic (exact) mass is 269 g/mol. The molecule has 1 heterocycles. The van der Waals surface area contributed by atoms with Crippen LogP contribution in [0.3, 0.4) is 0 Å². The summed E-state index contributed by atoms with van der Waals surface area (Å²) in [7, 11) is 0. The lowest BCUT2D eigenvalue weighted by Gasteiger charge is -2.31. The van der Waals surface area contributed by atoms with Crippen molar-refractivity contribution in [2.24, 2.45) is 0 Å². The molecular formula is C13H20ClN3O. The largest absolute Gasteiger partial charge is 0.384 e. The molecule has 0 saturated carbocycles. The van der Waals surface area contributed by atoms with Gasteiger partial charge in [-0.2, -0.15) is 0 Å². The first kappa shape index (κ1) is 14.8. The van der Waals surface area contributed by atoms with Gasteiger partial charge in [0.15, 0.2) is 0 Å². The summed E-state index contributed by atoms with van der Waals surface area (Å²) >= 11 is 5.97. The maximum Gasteiger partial charge on any atom is 0.271 e. The average Bonchev–Trinajstić information content (AvgIpc) is 2.38. The molecule has 3 N–H and O–H groups in total. The number of carbonyl (C=O) groups is 1. The Morgan fingerprint density at radius 2 is 1.89 bits per heavy atom. The van der Waals surface area contributed by atoms with Crippen LogP contribution >= 0.6 is 11.6 Å². The third-order valence-corrected chi connectivity index (χ3v) is 3.80. The molecule has 0 unspecified atom stereocenters. The standard InChI is InChI=1S/C13H20ClN3O/c1-4-13(5-2,6-3)17-12(18)11-9(14)7-8-10(15)16-11/h7-8H,4-6H2,1-3H3,(H2,15,16)(H,17,18). The number of pyridine rings is 1. The van der Waals surface area contributed by atoms with E-state index >= 15 is 0 Å². The lowest BCUT2D eigenvalue weighted by Crippen LogP contribution is -2.47. The van der Waals surface area contributed by atoms with E-state index in [1.807, 2.05) is 0 Å². The highest BCUT2D eigenvalue weighted by Crippen LogP contribution is 2.22. The van der Waals surface area contributed by atoms with E-state index in [1.54, 1.807) is 12.1 Å². The number of anilines is 1. The van der Waals surface area contributed by atoms with Gasteiger partial charge >= 0.3 is 0 Å². The second kappa shape index (κ2) is 6.05. The highest BCUT2D eigenvalue weighted by atomic mass is 35.5. The van der Waals surface area contributed by atoms with Crippen LogP contribution in [0.1, 0.15) is 50.5 Å². The number of hydrogen-bond donors (Lipinski definition) is 2. The average molecular weight is 270 g/mol. The molecule has 0 aliphatic rings. The molecule has 1 amide bonds. The fourth-order valence-electron chi connectivity index (χ4n) is 1.93. The Hall–Kier alpha value is -1.29. The van der Waals surface area contributed by atoms with Crippen LogP contribution in [-0.4, -0.2) is 16.4 Å². The number of aromatic nitrogens is 1. The van der Waals surface area contributed by atoms with Crippen molar-refractivity contribution < 1.29 is 4.79 Å². The number of amides is 1. The Bertz CT molecular complexity index is 422. The van der Waals surface area contributed by atoms with E-state index in [9.17, 15) is 4.79 Å². The molecule has 4 nitrogen and oxygen atoms in total. The fourth-order valence-corrected chi connectivity index (χ4v) is 2.12. The maximum absolute atomic E-state index is 12.2. The first-order valence-electron chi connectivity index (χ1n) is 6.22. The number of carbonyl (C=O) groups excluding carboxylic acids is 1. The second-order valence-corrected chi connectivity index (χ2v) is 4.77. The fraction of sp³-hybridized carbons (Fsp3) is 0.538. The summed E-state index contributed by atoms with van der Waals surface area (Å²) in [5.41, 5.74) is 5.57. The number of nitrogens with one attached hydrogen (secondary N) is 1. The minimum atomic E-state index is -0.266. The summed E-state index contributed by atoms with van der Waals surface area (Å²) in [5.74, 6) is 0.0255. The molecule has 1 rings (SSSR count). The van der Waals surface area contributed by atoms with Crippen LogP contribution in [0.2, 0.25) is 5.02 Å². The molecule has 1 aromatic heterocycles. The van der Waals surface area contributed by atoms with Gasteiger partial charge in [-0.3, -0.25) is 4.79 Å². The minimum Gasteiger partial charge on any atom is -0.384 e. The Morgan fingerprint density at radius 3 is 2.39 bits per heavy atom. The summed E-state index contributed by atoms with van der Waals surface area (Å²) in [5, 5.41) is 3.34. The van der Waals surface area contributed by atoms with Crippen molar-refractivity contribution in [3.63, 3.8) is 0 Å². The molecule has 0 aromatic carbocycles. The van der Waals surface area contributed by atoms with Gasteiger partial charge in [0.2, 0.25) is 0 Å². The summed E-state index contributed by atoms with van der Waals surface area (Å²) in [6.45, 7) is 6.17. The van der Waals surface area contributed by atoms with E-state index in [4.69, 9.17) is 17.3 Å². The van der Waals surface area contributed by atoms with Crippen LogP contribution in [0.4, 0.5) is 5.82 Å². The smallest absolute Gasteiger partial charge is 0.271 e. The highest BCUT2D eigenvalue weighted by molar-refractivity contribution is 6.33. The van der Waals surface area contributed by atoms with Crippen LogP contribution in [0.15, 0.2) is 12.1 Å². The number of hydrogen-bond acceptors (Lipinski definition) is 3. The van der Waals surface area contributed by atoms with E-state index in [-0.39, 0.29) is 17.1 Å². The zero-order valence-corrected chi connectivity index (χ0v) is 11.8. The molecule has 100 valence electrons. The number of nitrogens with two attached hydrogens (primary N) is 1. The number of nitrogens with zero attached hydrogens (tertiary/aromatic N) is 1. The van der Waals surface area contributed by atoms with E-state index in [0.29, 0.717) is 10.8 Å². The predicted molar refractivity (Wildman–Crippen MR) is 74.7 cm³/mol. The molecule has 0 bridgehead atoms. The van der Waals surface area contributed by atoms with Crippen LogP contribution in [0.5, 0.6) is 0 Å². The van der Waals surface area contributed by atoms with Crippen molar-refractivity contribution in [3.05, 3.63) is 22.8 Å². The van der Waals surface area contributed by atoms with Crippen molar-refractivity contribution in [2.45, 2.75) is 45.6 Å². The van der Waals surface area contributed by atoms with Gasteiger partial charge in [0.25, 0.3) is 5.91 Å². The molecule has 18 heavy (non-hydrogen) atoms. The van der Waals surface area contributed by atoms with Gasteiger partial charge in [0.05, 0.1) is 5.02 Å². The normalized spacial score (nSPS) is 11.3. The van der Waals surface area contributed by atoms with Gasteiger partial charge in [0, 0.05) is 5.54 Å². The van der Waals surface area contributed by atoms with Gasteiger partial charge < -0.3 is 11.1 Å². The van der Waals surface area contributed by atoms with Crippen molar-refractivity contribution in [1.29, 1.82) is 0 Å². The lowest BCUT2D eigenvalue weighted by atomic mass is 9.89. The summed E-state index contributed by atoms with van der Waals surface area (Å²) in [4.78, 5) is 16.2. The van der Waals surface area contributed by atoms with Crippen molar-refractivity contribution in [2.75, 3.05) is 5.73 Å². The summed E-state index contributed by atoms with van der Waals surface area (Å²) in [6, 6.07) is 3.16. The van der Waals surface area contributed by atoms with Gasteiger partial charge in [-0.15, -0.1) is 0 Å². The highest BCUT2D eigenvalue weighted by Gasteiger charge is 2.27. The van der Waals surface area contributed by atoms with E-state index < -0.39 is 0 Å². The minimum absolute atomic E-state index is 0.191. The predicted octanol–water partition coefficient (Wildman–Crippen LogP) is 3.02. The number of rotatable bonds is 5. The van der Waals surface area contributed by atoms with Gasteiger partial charge in [-0.05, 0) is 31.4 Å². The Kier molecular flexibility index (Phi) is 4.96. The Morgan fingerprint density at radius 1 is 1.33 bits per heavy atom. The second-order valence-electron chi connectivity index (χ2n) is 4.36. The summed E-state index contributed by atoms with van der Waals surface area (Å²) < 4.78 is 0. The van der Waals surface area contributed by atoms with Crippen LogP contribution < -0.4 is 11.1 Å². The van der Waals surface area contributed by atoms with Gasteiger partial charge in [0.1, 0.15) is 11.5 Å². The zero-order valence-electron chi connectivity index (χ0n) is 11.1. The van der Waals surface area contributed by atoms with E-state index in [1.165, 1.54) is 0 Å². The SMILES string of the molecule is CCC(CC)(CC)NC(=O)c1nc(N)ccc1Cl. The first-order chi connectivity index (χ1) is 8.48. The molecule has 0 fully saturated rings. The van der Waals surface area contributed by atoms with E-state index in [2.05, 4.69) is 31.1 Å². The Labute approximate surface area is 113 Å². The van der Waals surface area contributed by atoms with Crippen molar-refractivity contribution >= 4 is 23.3 Å². The molecule has 0 radical (unpaired) electrons. The molecule has 0 aliphatic heterocycles. The van der Waals surface area contributed by atoms with Crippen LogP contribution in [0.25, 0.3) is 0 Å². The number of nitrogen functional groups attached to an aromatic ring is 1.